The predicted octanol–water partition coefficient (Wildman–Crippen LogP) is 3.15. The van der Waals surface area contributed by atoms with E-state index in [-0.39, 0.29) is 18.2 Å². The Labute approximate surface area is 154 Å². The van der Waals surface area contributed by atoms with Crippen LogP contribution in [0, 0.1) is 5.41 Å². The van der Waals surface area contributed by atoms with E-state index >= 15 is 0 Å². The summed E-state index contributed by atoms with van der Waals surface area (Å²) in [6.07, 6.45) is 1.75. The van der Waals surface area contributed by atoms with Crippen molar-refractivity contribution < 1.29 is 14.3 Å². The quantitative estimate of drug-likeness (QED) is 0.799. The fourth-order valence-corrected chi connectivity index (χ4v) is 2.05. The molecule has 2 rings (SSSR count). The molecule has 0 saturated heterocycles. The van der Waals surface area contributed by atoms with Crippen molar-refractivity contribution in [3.8, 4) is 5.88 Å². The van der Waals surface area contributed by atoms with E-state index in [4.69, 9.17) is 4.74 Å². The van der Waals surface area contributed by atoms with Crippen molar-refractivity contribution in [2.75, 3.05) is 11.9 Å². The van der Waals surface area contributed by atoms with Crippen molar-refractivity contribution in [3.05, 3.63) is 54.2 Å². The summed E-state index contributed by atoms with van der Waals surface area (Å²) >= 11 is 0. The van der Waals surface area contributed by atoms with Gasteiger partial charge in [-0.05, 0) is 11.6 Å². The molecule has 0 bridgehead atoms. The normalized spacial score (nSPS) is 10.9. The Morgan fingerprint density at radius 2 is 1.81 bits per heavy atom. The van der Waals surface area contributed by atoms with Crippen LogP contribution in [0.5, 0.6) is 5.88 Å². The van der Waals surface area contributed by atoms with E-state index < -0.39 is 5.41 Å². The van der Waals surface area contributed by atoms with Crippen molar-refractivity contribution in [2.45, 2.75) is 33.8 Å². The van der Waals surface area contributed by atoms with Crippen LogP contribution in [-0.4, -0.2) is 23.3 Å². The fraction of sp³-hybridized carbons (Fsp3) is 0.350. The summed E-state index contributed by atoms with van der Waals surface area (Å²) in [5.74, 6) is 0.232. The van der Waals surface area contributed by atoms with Gasteiger partial charge < -0.3 is 15.4 Å². The lowest BCUT2D eigenvalue weighted by Gasteiger charge is -2.17. The maximum absolute atomic E-state index is 11.9. The minimum atomic E-state index is -0.462. The Hall–Kier alpha value is -2.89. The molecular weight excluding hydrogens is 330 g/mol. The molecule has 6 nitrogen and oxygen atoms in total. The summed E-state index contributed by atoms with van der Waals surface area (Å²) in [6, 6.07) is 13.3. The van der Waals surface area contributed by atoms with E-state index in [2.05, 4.69) is 15.6 Å². The Bertz CT molecular complexity index is 722. The molecule has 0 atom stereocenters. The van der Waals surface area contributed by atoms with Crippen LogP contribution >= 0.6 is 0 Å². The second-order valence-corrected chi connectivity index (χ2v) is 6.96. The summed E-state index contributed by atoms with van der Waals surface area (Å²) in [5, 5.41) is 5.49. The second-order valence-electron chi connectivity index (χ2n) is 6.96. The van der Waals surface area contributed by atoms with Gasteiger partial charge in [-0.15, -0.1) is 0 Å². The highest BCUT2D eigenvalue weighted by atomic mass is 16.5. The molecule has 1 heterocycles. The molecule has 2 N–H and O–H groups in total. The number of pyridine rings is 1. The van der Waals surface area contributed by atoms with Gasteiger partial charge in [-0.1, -0.05) is 51.1 Å². The van der Waals surface area contributed by atoms with Crippen molar-refractivity contribution >= 4 is 17.5 Å². The molecule has 0 aliphatic carbocycles. The average molecular weight is 355 g/mol. The van der Waals surface area contributed by atoms with Gasteiger partial charge in [-0.25, -0.2) is 4.98 Å². The number of anilines is 1. The predicted molar refractivity (Wildman–Crippen MR) is 101 cm³/mol. The molecule has 1 aromatic carbocycles. The monoisotopic (exact) mass is 355 g/mol. The third kappa shape index (κ3) is 6.55. The number of hydrogen-bond acceptors (Lipinski definition) is 4. The average Bonchev–Trinajstić information content (AvgIpc) is 2.61. The van der Waals surface area contributed by atoms with Gasteiger partial charge in [0.1, 0.15) is 6.61 Å². The van der Waals surface area contributed by atoms with Gasteiger partial charge >= 0.3 is 0 Å². The van der Waals surface area contributed by atoms with Gasteiger partial charge in [0.25, 0.3) is 0 Å². The summed E-state index contributed by atoms with van der Waals surface area (Å²) in [7, 11) is 0. The van der Waals surface area contributed by atoms with Crippen LogP contribution in [0.4, 0.5) is 5.69 Å². The zero-order valence-corrected chi connectivity index (χ0v) is 15.4. The van der Waals surface area contributed by atoms with E-state index in [1.54, 1.807) is 18.3 Å². The molecule has 26 heavy (non-hydrogen) atoms. The van der Waals surface area contributed by atoms with Crippen molar-refractivity contribution in [2.24, 2.45) is 5.41 Å². The highest BCUT2D eigenvalue weighted by Gasteiger charge is 2.20. The fourth-order valence-electron chi connectivity index (χ4n) is 2.05. The maximum Gasteiger partial charge on any atom is 0.226 e. The molecule has 138 valence electrons. The Morgan fingerprint density at radius 3 is 2.42 bits per heavy atom. The number of nitrogens with one attached hydrogen (secondary N) is 2. The summed E-state index contributed by atoms with van der Waals surface area (Å²) in [5.41, 5.74) is 1.18. The zero-order chi connectivity index (χ0) is 19.0. The molecule has 0 fully saturated rings. The Balaban J connectivity index is 1.74. The van der Waals surface area contributed by atoms with Gasteiger partial charge in [0.2, 0.25) is 17.7 Å². The number of carbonyl (C=O) groups is 2. The highest BCUT2D eigenvalue weighted by molar-refractivity contribution is 5.91. The van der Waals surface area contributed by atoms with Crippen LogP contribution in [0.25, 0.3) is 0 Å². The van der Waals surface area contributed by atoms with Gasteiger partial charge in [0, 0.05) is 24.4 Å². The third-order valence-electron chi connectivity index (χ3n) is 3.57. The van der Waals surface area contributed by atoms with Crippen LogP contribution in [0.15, 0.2) is 48.7 Å². The van der Waals surface area contributed by atoms with E-state index in [9.17, 15) is 9.59 Å². The molecule has 0 radical (unpaired) electrons. The number of amides is 2. The number of rotatable bonds is 7. The summed E-state index contributed by atoms with van der Waals surface area (Å²) in [6.45, 7) is 6.22. The number of carbonyl (C=O) groups excluding carboxylic acids is 2. The first kappa shape index (κ1) is 19.4. The molecule has 0 saturated carbocycles. The van der Waals surface area contributed by atoms with Gasteiger partial charge in [-0.3, -0.25) is 9.59 Å². The van der Waals surface area contributed by atoms with E-state index in [0.717, 1.165) is 5.56 Å². The molecule has 6 heteroatoms. The van der Waals surface area contributed by atoms with Crippen molar-refractivity contribution in [1.29, 1.82) is 0 Å². The van der Waals surface area contributed by atoms with E-state index in [0.29, 0.717) is 24.7 Å². The molecule has 1 aromatic heterocycles. The number of nitrogens with zero attached hydrogens (tertiary/aromatic N) is 1. The van der Waals surface area contributed by atoms with Crippen molar-refractivity contribution in [3.63, 3.8) is 0 Å². The standard InChI is InChI=1S/C20H25N3O3/c1-20(2,3)19(25)21-12-11-17(24)23-16-9-10-18(22-13-16)26-14-15-7-5-4-6-8-15/h4-10,13H,11-12,14H2,1-3H3,(H,21,25)(H,23,24). The molecule has 0 spiro atoms. The molecule has 2 amide bonds. The van der Waals surface area contributed by atoms with Crippen LogP contribution < -0.4 is 15.4 Å². The van der Waals surface area contributed by atoms with Crippen LogP contribution in [-0.2, 0) is 16.2 Å². The summed E-state index contributed by atoms with van der Waals surface area (Å²) < 4.78 is 5.60. The van der Waals surface area contributed by atoms with Crippen LogP contribution in [0.2, 0.25) is 0 Å². The van der Waals surface area contributed by atoms with Gasteiger partial charge in [-0.2, -0.15) is 0 Å². The lowest BCUT2D eigenvalue weighted by Crippen LogP contribution is -2.36. The number of aromatic nitrogens is 1. The number of ether oxygens (including phenoxy) is 1. The molecule has 0 aliphatic rings. The zero-order valence-electron chi connectivity index (χ0n) is 15.4. The van der Waals surface area contributed by atoms with Gasteiger partial charge in [0.05, 0.1) is 11.9 Å². The number of hydrogen-bond donors (Lipinski definition) is 2. The molecule has 0 unspecified atom stereocenters. The lowest BCUT2D eigenvalue weighted by atomic mass is 9.96. The third-order valence-corrected chi connectivity index (χ3v) is 3.57. The molecule has 2 aromatic rings. The largest absolute Gasteiger partial charge is 0.473 e. The van der Waals surface area contributed by atoms with Crippen LogP contribution in [0.3, 0.4) is 0 Å². The Morgan fingerprint density at radius 1 is 1.08 bits per heavy atom. The van der Waals surface area contributed by atoms with Crippen molar-refractivity contribution in [1.82, 2.24) is 10.3 Å². The maximum atomic E-state index is 11.9. The van der Waals surface area contributed by atoms with Crippen LogP contribution in [0.1, 0.15) is 32.8 Å². The topological polar surface area (TPSA) is 80.3 Å². The van der Waals surface area contributed by atoms with E-state index in [1.807, 2.05) is 51.1 Å². The minimum absolute atomic E-state index is 0.0770. The highest BCUT2D eigenvalue weighted by Crippen LogP contribution is 2.14. The Kier molecular flexibility index (Phi) is 6.72. The lowest BCUT2D eigenvalue weighted by molar-refractivity contribution is -0.128. The smallest absolute Gasteiger partial charge is 0.226 e. The van der Waals surface area contributed by atoms with Gasteiger partial charge in [0.15, 0.2) is 0 Å². The minimum Gasteiger partial charge on any atom is -0.473 e. The van der Waals surface area contributed by atoms with E-state index in [1.165, 1.54) is 0 Å². The first-order valence-electron chi connectivity index (χ1n) is 8.55. The first-order chi connectivity index (χ1) is 12.3. The SMILES string of the molecule is CC(C)(C)C(=O)NCCC(=O)Nc1ccc(OCc2ccccc2)nc1. The molecular formula is C20H25N3O3. The summed E-state index contributed by atoms with van der Waals surface area (Å²) in [4.78, 5) is 27.8. The second kappa shape index (κ2) is 8.99. The first-order valence-corrected chi connectivity index (χ1v) is 8.55. The molecule has 0 aliphatic heterocycles. The number of benzene rings is 1.